The quantitative estimate of drug-likeness (QED) is 0.745. The van der Waals surface area contributed by atoms with Crippen LogP contribution >= 0.6 is 0 Å². The molecule has 0 aromatic rings. The van der Waals surface area contributed by atoms with Gasteiger partial charge >= 0.3 is 0 Å². The van der Waals surface area contributed by atoms with Crippen LogP contribution in [0.3, 0.4) is 0 Å². The lowest BCUT2D eigenvalue weighted by atomic mass is 9.70. The Morgan fingerprint density at radius 2 is 1.65 bits per heavy atom. The Balaban J connectivity index is 1.75. The van der Waals surface area contributed by atoms with Crippen LogP contribution in [0.4, 0.5) is 0 Å². The Bertz CT molecular complexity index is 340. The van der Waals surface area contributed by atoms with Crippen molar-refractivity contribution < 1.29 is 24.1 Å². The van der Waals surface area contributed by atoms with Crippen LogP contribution in [0.2, 0.25) is 0 Å². The smallest absolute Gasteiger partial charge is 0.179 e. The average molecular weight is 244 g/mol. The molecule has 4 atom stereocenters. The molecule has 3 rings (SSSR count). The summed E-state index contributed by atoms with van der Waals surface area (Å²) in [5.74, 6) is -2.58. The number of hydrogen-bond acceptors (Lipinski definition) is 5. The van der Waals surface area contributed by atoms with Crippen molar-refractivity contribution in [1.82, 2.24) is 0 Å². The molecular weight excluding hydrogens is 224 g/mol. The van der Waals surface area contributed by atoms with Gasteiger partial charge in [0.05, 0.1) is 24.7 Å². The zero-order valence-electron chi connectivity index (χ0n) is 10.7. The molecule has 0 radical (unpaired) electrons. The van der Waals surface area contributed by atoms with Gasteiger partial charge in [0, 0.05) is 6.42 Å². The molecule has 1 saturated carbocycles. The normalized spacial score (nSPS) is 51.0. The van der Waals surface area contributed by atoms with E-state index >= 15 is 0 Å². The van der Waals surface area contributed by atoms with Crippen LogP contribution in [0, 0.1) is 5.92 Å². The van der Waals surface area contributed by atoms with Gasteiger partial charge in [0.15, 0.2) is 17.4 Å². The highest BCUT2D eigenvalue weighted by molar-refractivity contribution is 5.06. The summed E-state index contributed by atoms with van der Waals surface area (Å²) in [5.41, 5.74) is 0. The SMILES string of the molecule is CC1(C)OC[C@H]([C@@H]2[C@H]3C[C@@]2(O)OC(C)(C)O3)O1. The van der Waals surface area contributed by atoms with Crippen LogP contribution in [0.5, 0.6) is 0 Å². The number of hydrogen-bond donors (Lipinski definition) is 1. The predicted molar refractivity (Wildman–Crippen MR) is 58.0 cm³/mol. The molecule has 3 aliphatic rings. The standard InChI is InChI=1S/C12H20O5/c1-10(2)14-6-8(16-10)9-7-5-12(9,13)17-11(3,4)15-7/h7-9,13H,5-6H2,1-4H3/t7-,8-,9+,12-/m1/s1. The first-order valence-electron chi connectivity index (χ1n) is 6.13. The van der Waals surface area contributed by atoms with E-state index < -0.39 is 17.4 Å². The topological polar surface area (TPSA) is 57.2 Å². The number of fused-ring (bicyclic) bond motifs is 2. The molecule has 98 valence electrons. The largest absolute Gasteiger partial charge is 0.365 e. The molecule has 0 aromatic carbocycles. The third kappa shape index (κ3) is 1.81. The first kappa shape index (κ1) is 11.9. The summed E-state index contributed by atoms with van der Waals surface area (Å²) in [4.78, 5) is 0. The van der Waals surface area contributed by atoms with Crippen molar-refractivity contribution in [2.75, 3.05) is 6.61 Å². The molecule has 5 heteroatoms. The highest BCUT2D eigenvalue weighted by Crippen LogP contribution is 2.53. The fourth-order valence-electron chi connectivity index (χ4n) is 3.14. The highest BCUT2D eigenvalue weighted by Gasteiger charge is 2.66. The van der Waals surface area contributed by atoms with Crippen LogP contribution in [-0.4, -0.2) is 41.3 Å². The first-order valence-corrected chi connectivity index (χ1v) is 6.13. The molecule has 17 heavy (non-hydrogen) atoms. The van der Waals surface area contributed by atoms with Crippen LogP contribution in [-0.2, 0) is 18.9 Å². The zero-order chi connectivity index (χ0) is 12.5. The van der Waals surface area contributed by atoms with Crippen LogP contribution in [0.1, 0.15) is 34.1 Å². The van der Waals surface area contributed by atoms with Gasteiger partial charge in [-0.3, -0.25) is 0 Å². The molecule has 2 saturated heterocycles. The van der Waals surface area contributed by atoms with Gasteiger partial charge in [-0.05, 0) is 27.7 Å². The second-order valence-corrected chi connectivity index (χ2v) is 6.10. The van der Waals surface area contributed by atoms with E-state index in [0.29, 0.717) is 13.0 Å². The Morgan fingerprint density at radius 1 is 1.00 bits per heavy atom. The van der Waals surface area contributed by atoms with Gasteiger partial charge in [-0.1, -0.05) is 0 Å². The van der Waals surface area contributed by atoms with Crippen LogP contribution in [0.25, 0.3) is 0 Å². The van der Waals surface area contributed by atoms with Crippen molar-refractivity contribution in [3.8, 4) is 0 Å². The van der Waals surface area contributed by atoms with Gasteiger partial charge in [-0.15, -0.1) is 0 Å². The maximum Gasteiger partial charge on any atom is 0.179 e. The Kier molecular flexibility index (Phi) is 2.25. The molecule has 2 bridgehead atoms. The molecule has 0 unspecified atom stereocenters. The van der Waals surface area contributed by atoms with Crippen molar-refractivity contribution in [2.45, 2.75) is 63.7 Å². The lowest BCUT2D eigenvalue weighted by Crippen LogP contribution is -2.72. The lowest BCUT2D eigenvalue weighted by molar-refractivity contribution is -0.483. The van der Waals surface area contributed by atoms with Crippen molar-refractivity contribution in [3.63, 3.8) is 0 Å². The molecule has 3 fully saturated rings. The molecule has 5 nitrogen and oxygen atoms in total. The van der Waals surface area contributed by atoms with Gasteiger partial charge in [0.2, 0.25) is 0 Å². The second kappa shape index (κ2) is 3.22. The summed E-state index contributed by atoms with van der Waals surface area (Å²) >= 11 is 0. The highest BCUT2D eigenvalue weighted by atomic mass is 16.8. The Hall–Kier alpha value is -0.200. The summed E-state index contributed by atoms with van der Waals surface area (Å²) in [5, 5.41) is 10.4. The minimum atomic E-state index is -1.12. The number of aliphatic hydroxyl groups is 1. The monoisotopic (exact) mass is 244 g/mol. The van der Waals surface area contributed by atoms with E-state index in [4.69, 9.17) is 18.9 Å². The second-order valence-electron chi connectivity index (χ2n) is 6.10. The van der Waals surface area contributed by atoms with Gasteiger partial charge in [0.25, 0.3) is 0 Å². The zero-order valence-corrected chi connectivity index (χ0v) is 10.7. The lowest BCUT2D eigenvalue weighted by Gasteiger charge is -2.60. The van der Waals surface area contributed by atoms with Gasteiger partial charge in [-0.25, -0.2) is 0 Å². The summed E-state index contributed by atoms with van der Waals surface area (Å²) < 4.78 is 22.7. The maximum absolute atomic E-state index is 10.4. The molecule has 1 N–H and O–H groups in total. The van der Waals surface area contributed by atoms with E-state index in [-0.39, 0.29) is 18.1 Å². The number of rotatable bonds is 1. The van der Waals surface area contributed by atoms with E-state index in [2.05, 4.69) is 0 Å². The van der Waals surface area contributed by atoms with Gasteiger partial charge in [0.1, 0.15) is 0 Å². The van der Waals surface area contributed by atoms with Gasteiger partial charge < -0.3 is 24.1 Å². The summed E-state index contributed by atoms with van der Waals surface area (Å²) in [6.45, 7) is 7.85. The Labute approximate surface area is 101 Å². The minimum absolute atomic E-state index is 0.00810. The van der Waals surface area contributed by atoms with Crippen LogP contribution in [0.15, 0.2) is 0 Å². The summed E-state index contributed by atoms with van der Waals surface area (Å²) in [6, 6.07) is 0. The minimum Gasteiger partial charge on any atom is -0.365 e. The molecule has 2 heterocycles. The third-order valence-corrected chi connectivity index (χ3v) is 3.70. The fraction of sp³-hybridized carbons (Fsp3) is 1.00. The first-order chi connectivity index (χ1) is 7.71. The van der Waals surface area contributed by atoms with E-state index in [1.165, 1.54) is 0 Å². The van der Waals surface area contributed by atoms with Crippen LogP contribution < -0.4 is 0 Å². The van der Waals surface area contributed by atoms with Crippen molar-refractivity contribution in [1.29, 1.82) is 0 Å². The molecule has 2 aliphatic heterocycles. The average Bonchev–Trinajstić information content (AvgIpc) is 2.41. The maximum atomic E-state index is 10.4. The van der Waals surface area contributed by atoms with Crippen molar-refractivity contribution >= 4 is 0 Å². The van der Waals surface area contributed by atoms with Crippen molar-refractivity contribution in [3.05, 3.63) is 0 Å². The molecule has 1 aliphatic carbocycles. The molecule has 0 spiro atoms. The van der Waals surface area contributed by atoms with Crippen molar-refractivity contribution in [2.24, 2.45) is 5.92 Å². The molecular formula is C12H20O5. The van der Waals surface area contributed by atoms with E-state index in [1.807, 2.05) is 27.7 Å². The van der Waals surface area contributed by atoms with Gasteiger partial charge in [-0.2, -0.15) is 0 Å². The predicted octanol–water partition coefficient (Wildman–Crippen LogP) is 0.998. The third-order valence-electron chi connectivity index (χ3n) is 3.70. The van der Waals surface area contributed by atoms with E-state index in [9.17, 15) is 5.11 Å². The molecule has 0 amide bonds. The van der Waals surface area contributed by atoms with E-state index in [0.717, 1.165) is 0 Å². The summed E-state index contributed by atoms with van der Waals surface area (Å²) in [6.07, 6.45) is 0.345. The molecule has 0 aromatic heterocycles. The van der Waals surface area contributed by atoms with E-state index in [1.54, 1.807) is 0 Å². The summed E-state index contributed by atoms with van der Waals surface area (Å²) in [7, 11) is 0. The number of ether oxygens (including phenoxy) is 4. The Morgan fingerprint density at radius 3 is 2.18 bits per heavy atom. The fourth-order valence-corrected chi connectivity index (χ4v) is 3.14.